The summed E-state index contributed by atoms with van der Waals surface area (Å²) in [5.41, 5.74) is 1.31. The number of rotatable bonds is 6. The zero-order valence-corrected chi connectivity index (χ0v) is 14.2. The fourth-order valence-electron chi connectivity index (χ4n) is 2.80. The lowest BCUT2D eigenvalue weighted by Crippen LogP contribution is -2.45. The highest BCUT2D eigenvalue weighted by Crippen LogP contribution is 2.36. The van der Waals surface area contributed by atoms with Crippen LogP contribution in [0.4, 0.5) is 0 Å². The number of nitrogens with one attached hydrogen (secondary N) is 1. The van der Waals surface area contributed by atoms with Gasteiger partial charge in [-0.3, -0.25) is 0 Å². The number of ether oxygens (including phenoxy) is 1. The average Bonchev–Trinajstić information content (AvgIpc) is 2.53. The molecule has 1 aromatic rings. The van der Waals surface area contributed by atoms with Crippen LogP contribution >= 0.6 is 23.5 Å². The lowest BCUT2D eigenvalue weighted by atomic mass is 9.99. The Morgan fingerprint density at radius 2 is 2.05 bits per heavy atom. The van der Waals surface area contributed by atoms with Crippen LogP contribution in [0.2, 0.25) is 0 Å². The summed E-state index contributed by atoms with van der Waals surface area (Å²) >= 11 is 4.28. The van der Waals surface area contributed by atoms with Crippen molar-refractivity contribution >= 4 is 23.5 Å². The SMILES string of the molecule is CCC1SCCSC1C(Cc1ccccc1OC)NC. The molecule has 0 radical (unpaired) electrons. The first-order valence-electron chi connectivity index (χ1n) is 7.32. The number of benzene rings is 1. The van der Waals surface area contributed by atoms with Crippen molar-refractivity contribution in [3.63, 3.8) is 0 Å². The van der Waals surface area contributed by atoms with E-state index in [0.29, 0.717) is 11.3 Å². The molecule has 1 N–H and O–H groups in total. The van der Waals surface area contributed by atoms with E-state index in [-0.39, 0.29) is 0 Å². The number of methoxy groups -OCH3 is 1. The minimum absolute atomic E-state index is 0.508. The third kappa shape index (κ3) is 3.86. The molecule has 1 fully saturated rings. The molecule has 0 spiro atoms. The molecule has 3 atom stereocenters. The predicted octanol–water partition coefficient (Wildman–Crippen LogP) is 3.45. The average molecular weight is 312 g/mol. The van der Waals surface area contributed by atoms with Crippen molar-refractivity contribution in [3.05, 3.63) is 29.8 Å². The van der Waals surface area contributed by atoms with Crippen LogP contribution in [-0.4, -0.2) is 42.2 Å². The summed E-state index contributed by atoms with van der Waals surface area (Å²) in [5.74, 6) is 3.58. The summed E-state index contributed by atoms with van der Waals surface area (Å²) < 4.78 is 5.49. The molecular formula is C16H25NOS2. The van der Waals surface area contributed by atoms with Crippen molar-refractivity contribution in [2.24, 2.45) is 0 Å². The van der Waals surface area contributed by atoms with Gasteiger partial charge in [0.15, 0.2) is 0 Å². The Hall–Kier alpha value is -0.320. The molecule has 1 aliphatic heterocycles. The highest BCUT2D eigenvalue weighted by atomic mass is 32.2. The van der Waals surface area contributed by atoms with Crippen molar-refractivity contribution in [1.82, 2.24) is 5.32 Å². The number of hydrogen-bond acceptors (Lipinski definition) is 4. The van der Waals surface area contributed by atoms with E-state index in [1.165, 1.54) is 23.5 Å². The van der Waals surface area contributed by atoms with Gasteiger partial charge < -0.3 is 10.1 Å². The van der Waals surface area contributed by atoms with E-state index in [1.807, 2.05) is 6.07 Å². The second kappa shape index (κ2) is 8.20. The van der Waals surface area contributed by atoms with Crippen LogP contribution in [0.25, 0.3) is 0 Å². The Morgan fingerprint density at radius 3 is 2.75 bits per heavy atom. The highest BCUT2D eigenvalue weighted by molar-refractivity contribution is 8.07. The van der Waals surface area contributed by atoms with Gasteiger partial charge in [-0.25, -0.2) is 0 Å². The molecule has 1 aliphatic rings. The van der Waals surface area contributed by atoms with Crippen LogP contribution in [0, 0.1) is 0 Å². The second-order valence-corrected chi connectivity index (χ2v) is 7.70. The Labute approximate surface area is 131 Å². The standard InChI is InChI=1S/C16H25NOS2/c1-4-15-16(20-10-9-19-15)13(17-2)11-12-7-5-6-8-14(12)18-3/h5-8,13,15-17H,4,9-11H2,1-3H3. The van der Waals surface area contributed by atoms with Gasteiger partial charge in [0.05, 0.1) is 7.11 Å². The van der Waals surface area contributed by atoms with Gasteiger partial charge in [0.2, 0.25) is 0 Å². The molecule has 20 heavy (non-hydrogen) atoms. The third-order valence-corrected chi connectivity index (χ3v) is 7.30. The largest absolute Gasteiger partial charge is 0.496 e. The minimum atomic E-state index is 0.508. The van der Waals surface area contributed by atoms with Gasteiger partial charge in [0, 0.05) is 28.0 Å². The Morgan fingerprint density at radius 1 is 1.30 bits per heavy atom. The monoisotopic (exact) mass is 311 g/mol. The maximum Gasteiger partial charge on any atom is 0.122 e. The van der Waals surface area contributed by atoms with Gasteiger partial charge in [-0.05, 0) is 31.5 Å². The van der Waals surface area contributed by atoms with Crippen molar-refractivity contribution in [2.75, 3.05) is 25.7 Å². The molecule has 1 saturated heterocycles. The summed E-state index contributed by atoms with van der Waals surface area (Å²) in [6.07, 6.45) is 2.29. The first kappa shape index (κ1) is 16.1. The van der Waals surface area contributed by atoms with E-state index in [0.717, 1.165) is 17.4 Å². The zero-order chi connectivity index (χ0) is 14.4. The fraction of sp³-hybridized carbons (Fsp3) is 0.625. The third-order valence-electron chi connectivity index (χ3n) is 3.89. The van der Waals surface area contributed by atoms with Crippen molar-refractivity contribution < 1.29 is 4.74 Å². The number of likely N-dealkylation sites (N-methyl/N-ethyl adjacent to an activating group) is 1. The molecule has 0 saturated carbocycles. The van der Waals surface area contributed by atoms with E-state index < -0.39 is 0 Å². The summed E-state index contributed by atoms with van der Waals surface area (Å²) in [6.45, 7) is 2.31. The van der Waals surface area contributed by atoms with Crippen LogP contribution in [0.3, 0.4) is 0 Å². The first-order valence-corrected chi connectivity index (χ1v) is 9.42. The molecular weight excluding hydrogens is 286 g/mol. The van der Waals surface area contributed by atoms with E-state index in [1.54, 1.807) is 7.11 Å². The van der Waals surface area contributed by atoms with Gasteiger partial charge in [-0.1, -0.05) is 25.1 Å². The van der Waals surface area contributed by atoms with Crippen molar-refractivity contribution in [2.45, 2.75) is 36.3 Å². The molecule has 2 nitrogen and oxygen atoms in total. The quantitative estimate of drug-likeness (QED) is 0.868. The van der Waals surface area contributed by atoms with Crippen LogP contribution in [-0.2, 0) is 6.42 Å². The summed E-state index contributed by atoms with van der Waals surface area (Å²) in [5, 5.41) is 5.00. The Balaban J connectivity index is 2.11. The topological polar surface area (TPSA) is 21.3 Å². The van der Waals surface area contributed by atoms with E-state index in [2.05, 4.69) is 61.0 Å². The molecule has 0 aliphatic carbocycles. The van der Waals surface area contributed by atoms with Gasteiger partial charge >= 0.3 is 0 Å². The molecule has 1 heterocycles. The lowest BCUT2D eigenvalue weighted by Gasteiger charge is -2.36. The maximum atomic E-state index is 5.49. The summed E-state index contributed by atoms with van der Waals surface area (Å²) in [7, 11) is 3.85. The summed E-state index contributed by atoms with van der Waals surface area (Å²) in [4.78, 5) is 0. The van der Waals surface area contributed by atoms with E-state index in [4.69, 9.17) is 4.74 Å². The molecule has 0 aromatic heterocycles. The van der Waals surface area contributed by atoms with Crippen LogP contribution < -0.4 is 10.1 Å². The molecule has 0 bridgehead atoms. The zero-order valence-electron chi connectivity index (χ0n) is 12.6. The van der Waals surface area contributed by atoms with Crippen LogP contribution in [0.15, 0.2) is 24.3 Å². The Bertz CT molecular complexity index is 413. The Kier molecular flexibility index (Phi) is 6.59. The number of thioether (sulfide) groups is 2. The summed E-state index contributed by atoms with van der Waals surface area (Å²) in [6, 6.07) is 8.89. The molecule has 112 valence electrons. The maximum absolute atomic E-state index is 5.49. The van der Waals surface area contributed by atoms with Gasteiger partial charge in [0.1, 0.15) is 5.75 Å². The van der Waals surface area contributed by atoms with E-state index >= 15 is 0 Å². The predicted molar refractivity (Wildman–Crippen MR) is 92.3 cm³/mol. The number of para-hydroxylation sites is 1. The molecule has 1 aromatic carbocycles. The second-order valence-electron chi connectivity index (χ2n) is 5.06. The minimum Gasteiger partial charge on any atom is -0.496 e. The molecule has 0 amide bonds. The lowest BCUT2D eigenvalue weighted by molar-refractivity contribution is 0.404. The smallest absolute Gasteiger partial charge is 0.122 e. The van der Waals surface area contributed by atoms with Gasteiger partial charge in [-0.15, -0.1) is 0 Å². The van der Waals surface area contributed by atoms with Crippen LogP contribution in [0.1, 0.15) is 18.9 Å². The molecule has 4 heteroatoms. The fourth-order valence-corrected chi connectivity index (χ4v) is 6.11. The van der Waals surface area contributed by atoms with Gasteiger partial charge in [-0.2, -0.15) is 23.5 Å². The molecule has 3 unspecified atom stereocenters. The number of hydrogen-bond donors (Lipinski definition) is 1. The molecule has 2 rings (SSSR count). The van der Waals surface area contributed by atoms with Crippen molar-refractivity contribution in [3.8, 4) is 5.75 Å². The van der Waals surface area contributed by atoms with Gasteiger partial charge in [0.25, 0.3) is 0 Å². The van der Waals surface area contributed by atoms with Crippen molar-refractivity contribution in [1.29, 1.82) is 0 Å². The first-order chi connectivity index (χ1) is 9.80. The highest BCUT2D eigenvalue weighted by Gasteiger charge is 2.31. The normalized spacial score (nSPS) is 24.4. The van der Waals surface area contributed by atoms with E-state index in [9.17, 15) is 0 Å². The van der Waals surface area contributed by atoms with Crippen LogP contribution in [0.5, 0.6) is 5.75 Å².